The van der Waals surface area contributed by atoms with Crippen molar-refractivity contribution < 1.29 is 37.0 Å². The SMILES string of the molecule is COC(=O)C1=C(C(=O)OC)N2c3ccccc3C=CC2OC1c1ccc(C(F)(F)F)cc1. The molecule has 0 bridgehead atoms. The number of methoxy groups -OCH3 is 2. The zero-order valence-corrected chi connectivity index (χ0v) is 17.1. The lowest BCUT2D eigenvalue weighted by molar-refractivity contribution is -0.142. The third kappa shape index (κ3) is 3.64. The van der Waals surface area contributed by atoms with Gasteiger partial charge in [0.05, 0.1) is 25.5 Å². The molecule has 9 heteroatoms. The lowest BCUT2D eigenvalue weighted by Crippen LogP contribution is -2.47. The molecule has 0 spiro atoms. The van der Waals surface area contributed by atoms with Crippen LogP contribution in [-0.4, -0.2) is 32.4 Å². The Balaban J connectivity index is 1.92. The maximum atomic E-state index is 13.0. The van der Waals surface area contributed by atoms with Gasteiger partial charge < -0.3 is 19.1 Å². The van der Waals surface area contributed by atoms with Crippen molar-refractivity contribution >= 4 is 23.7 Å². The topological polar surface area (TPSA) is 65.1 Å². The van der Waals surface area contributed by atoms with Crippen LogP contribution in [0.2, 0.25) is 0 Å². The van der Waals surface area contributed by atoms with Crippen LogP contribution in [0.15, 0.2) is 65.9 Å². The molecule has 2 aromatic carbocycles. The second-order valence-corrected chi connectivity index (χ2v) is 7.06. The highest BCUT2D eigenvalue weighted by Gasteiger charge is 2.44. The third-order valence-corrected chi connectivity index (χ3v) is 5.25. The Hall–Kier alpha value is -3.59. The van der Waals surface area contributed by atoms with Crippen LogP contribution >= 0.6 is 0 Å². The lowest BCUT2D eigenvalue weighted by atomic mass is 9.94. The summed E-state index contributed by atoms with van der Waals surface area (Å²) in [6.07, 6.45) is -2.99. The predicted octanol–water partition coefficient (Wildman–Crippen LogP) is 4.24. The molecule has 0 saturated heterocycles. The van der Waals surface area contributed by atoms with E-state index in [0.717, 1.165) is 24.8 Å². The number of rotatable bonds is 3. The van der Waals surface area contributed by atoms with Crippen molar-refractivity contribution in [1.29, 1.82) is 0 Å². The predicted molar refractivity (Wildman–Crippen MR) is 108 cm³/mol. The number of para-hydroxylation sites is 1. The molecule has 32 heavy (non-hydrogen) atoms. The molecule has 0 aliphatic carbocycles. The fourth-order valence-electron chi connectivity index (χ4n) is 3.78. The molecule has 2 heterocycles. The monoisotopic (exact) mass is 445 g/mol. The van der Waals surface area contributed by atoms with Crippen molar-refractivity contribution in [3.05, 3.63) is 82.6 Å². The van der Waals surface area contributed by atoms with E-state index in [0.29, 0.717) is 5.69 Å². The molecular weight excluding hydrogens is 427 g/mol. The van der Waals surface area contributed by atoms with Gasteiger partial charge in [0, 0.05) is 0 Å². The number of alkyl halides is 3. The summed E-state index contributed by atoms with van der Waals surface area (Å²) in [5.74, 6) is -1.67. The zero-order valence-electron chi connectivity index (χ0n) is 17.1. The minimum atomic E-state index is -4.52. The highest BCUT2D eigenvalue weighted by atomic mass is 19.4. The van der Waals surface area contributed by atoms with E-state index in [2.05, 4.69) is 0 Å². The lowest BCUT2D eigenvalue weighted by Gasteiger charge is -2.43. The number of hydrogen-bond acceptors (Lipinski definition) is 6. The van der Waals surface area contributed by atoms with E-state index in [1.54, 1.807) is 24.3 Å². The Kier molecular flexibility index (Phi) is 5.52. The van der Waals surface area contributed by atoms with Crippen LogP contribution in [0.1, 0.15) is 22.8 Å². The molecule has 0 amide bonds. The van der Waals surface area contributed by atoms with Crippen molar-refractivity contribution in [2.75, 3.05) is 19.1 Å². The molecule has 2 atom stereocenters. The van der Waals surface area contributed by atoms with Gasteiger partial charge in [0.25, 0.3) is 0 Å². The van der Waals surface area contributed by atoms with Crippen molar-refractivity contribution in [2.24, 2.45) is 0 Å². The van der Waals surface area contributed by atoms with Crippen LogP contribution in [0.25, 0.3) is 6.08 Å². The number of fused-ring (bicyclic) bond motifs is 3. The summed E-state index contributed by atoms with van der Waals surface area (Å²) in [6.45, 7) is 0. The summed E-state index contributed by atoms with van der Waals surface area (Å²) in [6, 6.07) is 11.4. The first-order chi connectivity index (χ1) is 15.3. The number of carbonyl (C=O) groups excluding carboxylic acids is 2. The summed E-state index contributed by atoms with van der Waals surface area (Å²) >= 11 is 0. The van der Waals surface area contributed by atoms with Crippen LogP contribution in [0.4, 0.5) is 18.9 Å². The molecule has 4 rings (SSSR count). The summed E-state index contributed by atoms with van der Waals surface area (Å²) in [5.41, 5.74) is 0.532. The highest BCUT2D eigenvalue weighted by Crippen LogP contribution is 2.44. The van der Waals surface area contributed by atoms with Gasteiger partial charge in [-0.15, -0.1) is 0 Å². The number of carbonyl (C=O) groups is 2. The Bertz CT molecular complexity index is 1120. The van der Waals surface area contributed by atoms with E-state index < -0.39 is 36.0 Å². The summed E-state index contributed by atoms with van der Waals surface area (Å²) in [4.78, 5) is 27.2. The van der Waals surface area contributed by atoms with Crippen molar-refractivity contribution in [3.8, 4) is 0 Å². The Morgan fingerprint density at radius 2 is 1.62 bits per heavy atom. The first kappa shape index (κ1) is 21.6. The number of benzene rings is 2. The summed E-state index contributed by atoms with van der Waals surface area (Å²) in [5, 5.41) is 0. The van der Waals surface area contributed by atoms with E-state index in [1.807, 2.05) is 12.1 Å². The second kappa shape index (κ2) is 8.16. The van der Waals surface area contributed by atoms with Gasteiger partial charge in [0.15, 0.2) is 6.23 Å². The van der Waals surface area contributed by atoms with Gasteiger partial charge >= 0.3 is 18.1 Å². The van der Waals surface area contributed by atoms with E-state index in [1.165, 1.54) is 24.1 Å². The van der Waals surface area contributed by atoms with E-state index in [4.69, 9.17) is 14.2 Å². The number of ether oxygens (including phenoxy) is 3. The minimum Gasteiger partial charge on any atom is -0.466 e. The summed E-state index contributed by atoms with van der Waals surface area (Å²) < 4.78 is 55.0. The third-order valence-electron chi connectivity index (χ3n) is 5.25. The quantitative estimate of drug-likeness (QED) is 0.659. The van der Waals surface area contributed by atoms with Crippen LogP contribution in [0, 0.1) is 0 Å². The van der Waals surface area contributed by atoms with Gasteiger partial charge in [-0.3, -0.25) is 0 Å². The van der Waals surface area contributed by atoms with Gasteiger partial charge in [-0.05, 0) is 35.4 Å². The first-order valence-corrected chi connectivity index (χ1v) is 9.56. The Labute approximate surface area is 181 Å². The fraction of sp³-hybridized carbons (Fsp3) is 0.217. The first-order valence-electron chi connectivity index (χ1n) is 9.56. The average Bonchev–Trinajstić information content (AvgIpc) is 2.81. The maximum absolute atomic E-state index is 13.0. The van der Waals surface area contributed by atoms with Crippen LogP contribution in [0.3, 0.4) is 0 Å². The average molecular weight is 445 g/mol. The largest absolute Gasteiger partial charge is 0.466 e. The fourth-order valence-corrected chi connectivity index (χ4v) is 3.78. The molecular formula is C23H18F3NO5. The second-order valence-electron chi connectivity index (χ2n) is 7.06. The molecule has 166 valence electrons. The standard InChI is InChI=1S/C23H18F3NO5/c1-30-21(28)18-19(22(29)31-2)27-16-6-4-3-5-13(16)9-12-17(27)32-20(18)14-7-10-15(11-8-14)23(24,25)26/h3-12,17,20H,1-2H3. The number of hydrogen-bond donors (Lipinski definition) is 0. The molecule has 2 aliphatic rings. The van der Waals surface area contributed by atoms with E-state index in [9.17, 15) is 22.8 Å². The number of anilines is 1. The summed E-state index contributed by atoms with van der Waals surface area (Å²) in [7, 11) is 2.32. The number of esters is 2. The van der Waals surface area contributed by atoms with Crippen LogP contribution in [-0.2, 0) is 30.0 Å². The van der Waals surface area contributed by atoms with E-state index in [-0.39, 0.29) is 16.8 Å². The molecule has 0 fully saturated rings. The molecule has 0 N–H and O–H groups in total. The smallest absolute Gasteiger partial charge is 0.416 e. The van der Waals surface area contributed by atoms with E-state index >= 15 is 0 Å². The highest BCUT2D eigenvalue weighted by molar-refractivity contribution is 6.05. The molecule has 0 saturated carbocycles. The Morgan fingerprint density at radius 3 is 2.25 bits per heavy atom. The maximum Gasteiger partial charge on any atom is 0.416 e. The molecule has 0 radical (unpaired) electrons. The number of nitrogens with zero attached hydrogens (tertiary/aromatic N) is 1. The van der Waals surface area contributed by atoms with Gasteiger partial charge in [-0.25, -0.2) is 9.59 Å². The van der Waals surface area contributed by atoms with Gasteiger partial charge in [-0.1, -0.05) is 36.4 Å². The van der Waals surface area contributed by atoms with Crippen LogP contribution in [0.5, 0.6) is 0 Å². The van der Waals surface area contributed by atoms with Crippen molar-refractivity contribution in [2.45, 2.75) is 18.5 Å². The van der Waals surface area contributed by atoms with Gasteiger partial charge in [0.2, 0.25) is 0 Å². The Morgan fingerprint density at radius 1 is 0.969 bits per heavy atom. The number of halogens is 3. The van der Waals surface area contributed by atoms with Gasteiger partial charge in [-0.2, -0.15) is 13.2 Å². The van der Waals surface area contributed by atoms with Crippen molar-refractivity contribution in [1.82, 2.24) is 0 Å². The zero-order chi connectivity index (χ0) is 23.0. The van der Waals surface area contributed by atoms with Crippen LogP contribution < -0.4 is 4.90 Å². The molecule has 2 aliphatic heterocycles. The molecule has 2 aromatic rings. The van der Waals surface area contributed by atoms with Crippen molar-refractivity contribution in [3.63, 3.8) is 0 Å². The normalized spacial score (nSPS) is 19.8. The molecule has 6 nitrogen and oxygen atoms in total. The van der Waals surface area contributed by atoms with Gasteiger partial charge in [0.1, 0.15) is 17.4 Å². The molecule has 2 unspecified atom stereocenters. The molecule has 0 aromatic heterocycles. The minimum absolute atomic E-state index is 0.0997.